The number of likely N-dealkylation sites (tertiary alicyclic amines) is 2. The topological polar surface area (TPSA) is 69.6 Å². The molecule has 0 spiro atoms. The molecule has 0 radical (unpaired) electrons. The van der Waals surface area contributed by atoms with Crippen molar-refractivity contribution >= 4 is 17.6 Å². The van der Waals surface area contributed by atoms with E-state index in [0.717, 1.165) is 48.8 Å². The second kappa shape index (κ2) is 9.27. The van der Waals surface area contributed by atoms with Crippen LogP contribution in [0.5, 0.6) is 0 Å². The maximum Gasteiger partial charge on any atom is 0.226 e. The Kier molecular flexibility index (Phi) is 6.44. The van der Waals surface area contributed by atoms with Crippen LogP contribution in [0.25, 0.3) is 0 Å². The fourth-order valence-corrected chi connectivity index (χ4v) is 4.65. The lowest BCUT2D eigenvalue weighted by molar-refractivity contribution is -0.131. The molecule has 0 saturated carbocycles. The summed E-state index contributed by atoms with van der Waals surface area (Å²) in [4.78, 5) is 40.3. The van der Waals surface area contributed by atoms with E-state index in [1.54, 1.807) is 4.90 Å². The minimum Gasteiger partial charge on any atom is -0.363 e. The van der Waals surface area contributed by atoms with Crippen molar-refractivity contribution in [2.45, 2.75) is 44.4 Å². The Morgan fingerprint density at radius 3 is 2.50 bits per heavy atom. The number of benzene rings is 1. The molecule has 2 aliphatic rings. The highest BCUT2D eigenvalue weighted by Crippen LogP contribution is 2.32. The molecule has 2 aromatic rings. The first-order valence-electron chi connectivity index (χ1n) is 11.4. The number of hydrogen-bond acceptors (Lipinski definition) is 5. The van der Waals surface area contributed by atoms with Crippen LogP contribution in [-0.4, -0.2) is 72.4 Å². The maximum absolute atomic E-state index is 12.8. The Labute approximate surface area is 190 Å². The van der Waals surface area contributed by atoms with Gasteiger partial charge in [0.05, 0.1) is 12.1 Å². The van der Waals surface area contributed by atoms with E-state index in [4.69, 9.17) is 9.97 Å². The van der Waals surface area contributed by atoms with Crippen LogP contribution in [0, 0.1) is 6.92 Å². The van der Waals surface area contributed by atoms with E-state index in [0.29, 0.717) is 19.4 Å². The molecule has 0 aliphatic carbocycles. The van der Waals surface area contributed by atoms with E-state index in [1.807, 2.05) is 49.1 Å². The van der Waals surface area contributed by atoms with E-state index < -0.39 is 0 Å². The van der Waals surface area contributed by atoms with E-state index >= 15 is 0 Å². The fourth-order valence-electron chi connectivity index (χ4n) is 4.65. The van der Waals surface area contributed by atoms with Crippen molar-refractivity contribution in [1.82, 2.24) is 19.8 Å². The van der Waals surface area contributed by atoms with Gasteiger partial charge in [-0.1, -0.05) is 29.8 Å². The van der Waals surface area contributed by atoms with Crippen LogP contribution in [0.3, 0.4) is 0 Å². The van der Waals surface area contributed by atoms with Crippen molar-refractivity contribution < 1.29 is 9.59 Å². The van der Waals surface area contributed by atoms with Crippen molar-refractivity contribution in [3.05, 3.63) is 53.0 Å². The SMILES string of the molecule is Cc1cccc(CC(=O)N2CCC(c3nc([C@@H]4CC(=O)N(C)C4)cc(N(C)C)n3)CC2)c1. The lowest BCUT2D eigenvalue weighted by atomic mass is 9.94. The number of likely N-dealkylation sites (N-methyl/N-ethyl adjacent to an activating group) is 1. The van der Waals surface area contributed by atoms with Gasteiger partial charge in [-0.3, -0.25) is 9.59 Å². The Hall–Kier alpha value is -2.96. The van der Waals surface area contributed by atoms with Gasteiger partial charge in [0.15, 0.2) is 0 Å². The molecule has 0 N–H and O–H groups in total. The molecule has 2 aliphatic heterocycles. The maximum atomic E-state index is 12.8. The lowest BCUT2D eigenvalue weighted by Gasteiger charge is -2.32. The first-order chi connectivity index (χ1) is 15.3. The second-order valence-corrected chi connectivity index (χ2v) is 9.40. The van der Waals surface area contributed by atoms with Gasteiger partial charge in [-0.05, 0) is 25.3 Å². The number of hydrogen-bond donors (Lipinski definition) is 0. The molecule has 1 atom stereocenters. The van der Waals surface area contributed by atoms with Gasteiger partial charge < -0.3 is 14.7 Å². The first-order valence-corrected chi connectivity index (χ1v) is 11.4. The summed E-state index contributed by atoms with van der Waals surface area (Å²) in [5.41, 5.74) is 3.20. The predicted molar refractivity (Wildman–Crippen MR) is 125 cm³/mol. The van der Waals surface area contributed by atoms with E-state index in [9.17, 15) is 9.59 Å². The van der Waals surface area contributed by atoms with Gasteiger partial charge in [-0.2, -0.15) is 0 Å². The van der Waals surface area contributed by atoms with E-state index in [-0.39, 0.29) is 23.7 Å². The van der Waals surface area contributed by atoms with Gasteiger partial charge in [0.1, 0.15) is 11.6 Å². The fraction of sp³-hybridized carbons (Fsp3) is 0.520. The molecular weight excluding hydrogens is 402 g/mol. The molecule has 2 saturated heterocycles. The highest BCUT2D eigenvalue weighted by atomic mass is 16.2. The summed E-state index contributed by atoms with van der Waals surface area (Å²) in [7, 11) is 5.81. The van der Waals surface area contributed by atoms with Gasteiger partial charge >= 0.3 is 0 Å². The summed E-state index contributed by atoms with van der Waals surface area (Å²) in [6.45, 7) is 4.21. The molecule has 1 aromatic carbocycles. The molecular formula is C25H33N5O2. The normalized spacial score (nSPS) is 19.5. The summed E-state index contributed by atoms with van der Waals surface area (Å²) in [5, 5.41) is 0. The Bertz CT molecular complexity index is 998. The van der Waals surface area contributed by atoms with Crippen LogP contribution in [0.1, 0.15) is 53.7 Å². The highest BCUT2D eigenvalue weighted by Gasteiger charge is 2.31. The number of anilines is 1. The molecule has 32 heavy (non-hydrogen) atoms. The van der Waals surface area contributed by atoms with Crippen molar-refractivity contribution in [2.75, 3.05) is 45.7 Å². The van der Waals surface area contributed by atoms with Crippen LogP contribution in [-0.2, 0) is 16.0 Å². The molecule has 7 heteroatoms. The average Bonchev–Trinajstić information content (AvgIpc) is 3.12. The average molecular weight is 436 g/mol. The third-order valence-electron chi connectivity index (χ3n) is 6.62. The third-order valence-corrected chi connectivity index (χ3v) is 6.62. The Morgan fingerprint density at radius 1 is 1.12 bits per heavy atom. The minimum absolute atomic E-state index is 0.115. The highest BCUT2D eigenvalue weighted by molar-refractivity contribution is 5.79. The largest absolute Gasteiger partial charge is 0.363 e. The van der Waals surface area contributed by atoms with Gasteiger partial charge in [-0.25, -0.2) is 9.97 Å². The number of amides is 2. The quantitative estimate of drug-likeness (QED) is 0.722. The molecule has 4 rings (SSSR count). The number of carbonyl (C=O) groups excluding carboxylic acids is 2. The molecule has 3 heterocycles. The molecule has 0 bridgehead atoms. The van der Waals surface area contributed by atoms with E-state index in [2.05, 4.69) is 19.1 Å². The summed E-state index contributed by atoms with van der Waals surface area (Å²) in [6, 6.07) is 10.2. The van der Waals surface area contributed by atoms with Crippen LogP contribution in [0.4, 0.5) is 5.82 Å². The zero-order chi connectivity index (χ0) is 22.8. The lowest BCUT2D eigenvalue weighted by Crippen LogP contribution is -2.39. The van der Waals surface area contributed by atoms with Gasteiger partial charge in [0.2, 0.25) is 11.8 Å². The van der Waals surface area contributed by atoms with E-state index in [1.165, 1.54) is 5.56 Å². The Balaban J connectivity index is 1.44. The van der Waals surface area contributed by atoms with Crippen molar-refractivity contribution in [2.24, 2.45) is 0 Å². The number of rotatable bonds is 5. The Morgan fingerprint density at radius 2 is 1.88 bits per heavy atom. The van der Waals surface area contributed by atoms with Crippen molar-refractivity contribution in [3.8, 4) is 0 Å². The standard InChI is InChI=1S/C25H33N5O2/c1-17-6-5-7-18(12-17)13-24(32)30-10-8-19(9-11-30)25-26-21(15-22(27-25)28(2)3)20-14-23(31)29(4)16-20/h5-7,12,15,19-20H,8-11,13-14,16H2,1-4H3/t20-/m1/s1. The molecule has 2 fully saturated rings. The summed E-state index contributed by atoms with van der Waals surface area (Å²) in [5.74, 6) is 2.42. The predicted octanol–water partition coefficient (Wildman–Crippen LogP) is 2.75. The first kappa shape index (κ1) is 22.2. The number of piperidine rings is 1. The molecule has 2 amide bonds. The van der Waals surface area contributed by atoms with Gasteiger partial charge in [-0.15, -0.1) is 0 Å². The van der Waals surface area contributed by atoms with Crippen molar-refractivity contribution in [1.29, 1.82) is 0 Å². The smallest absolute Gasteiger partial charge is 0.226 e. The minimum atomic E-state index is 0.115. The number of aryl methyl sites for hydroxylation is 1. The van der Waals surface area contributed by atoms with Gasteiger partial charge in [0.25, 0.3) is 0 Å². The van der Waals surface area contributed by atoms with Crippen LogP contribution < -0.4 is 4.90 Å². The molecule has 1 aromatic heterocycles. The van der Waals surface area contributed by atoms with Gasteiger partial charge in [0, 0.05) is 65.1 Å². The number of carbonyl (C=O) groups is 2. The number of nitrogens with zero attached hydrogens (tertiary/aromatic N) is 5. The monoisotopic (exact) mass is 435 g/mol. The van der Waals surface area contributed by atoms with Crippen LogP contribution in [0.2, 0.25) is 0 Å². The summed E-state index contributed by atoms with van der Waals surface area (Å²) >= 11 is 0. The number of aromatic nitrogens is 2. The second-order valence-electron chi connectivity index (χ2n) is 9.40. The van der Waals surface area contributed by atoms with Crippen LogP contribution >= 0.6 is 0 Å². The molecule has 170 valence electrons. The zero-order valence-electron chi connectivity index (χ0n) is 19.5. The third kappa shape index (κ3) is 4.92. The molecule has 7 nitrogen and oxygen atoms in total. The van der Waals surface area contributed by atoms with Crippen molar-refractivity contribution in [3.63, 3.8) is 0 Å². The molecule has 0 unspecified atom stereocenters. The van der Waals surface area contributed by atoms with Crippen LogP contribution in [0.15, 0.2) is 30.3 Å². The summed E-state index contributed by atoms with van der Waals surface area (Å²) in [6.07, 6.45) is 2.68. The zero-order valence-corrected chi connectivity index (χ0v) is 19.5. The summed E-state index contributed by atoms with van der Waals surface area (Å²) < 4.78 is 0.